The van der Waals surface area contributed by atoms with Crippen molar-refractivity contribution >= 4 is 5.71 Å². The molecule has 0 bridgehead atoms. The number of hydrogen-bond acceptors (Lipinski definition) is 3. The largest absolute Gasteiger partial charge is 0.411 e. The second kappa shape index (κ2) is 5.02. The molecular formula is C10H19NO2. The minimum Gasteiger partial charge on any atom is -0.411 e. The Hall–Kier alpha value is -0.830. The van der Waals surface area contributed by atoms with Gasteiger partial charge in [-0.3, -0.25) is 0 Å². The zero-order chi connectivity index (χ0) is 10.5. The lowest BCUT2D eigenvalue weighted by atomic mass is 9.81. The van der Waals surface area contributed by atoms with Crippen molar-refractivity contribution in [1.82, 2.24) is 0 Å². The van der Waals surface area contributed by atoms with E-state index in [4.69, 9.17) is 9.94 Å². The Morgan fingerprint density at radius 3 is 2.38 bits per heavy atom. The second-order valence-electron chi connectivity index (χ2n) is 3.59. The molecule has 0 aliphatic rings. The lowest BCUT2D eigenvalue weighted by molar-refractivity contribution is 0.177. The molecule has 0 aromatic carbocycles. The highest BCUT2D eigenvalue weighted by molar-refractivity contribution is 5.92. The molecule has 0 radical (unpaired) electrons. The molecule has 3 nitrogen and oxygen atoms in total. The van der Waals surface area contributed by atoms with Gasteiger partial charge in [-0.25, -0.2) is 0 Å². The van der Waals surface area contributed by atoms with Gasteiger partial charge in [0.05, 0.1) is 12.3 Å². The van der Waals surface area contributed by atoms with Crippen molar-refractivity contribution in [2.45, 2.75) is 27.7 Å². The van der Waals surface area contributed by atoms with Crippen LogP contribution in [0.1, 0.15) is 27.7 Å². The molecule has 0 aliphatic carbocycles. The summed E-state index contributed by atoms with van der Waals surface area (Å²) >= 11 is 0. The Balaban J connectivity index is 4.49. The number of rotatable bonds is 5. The average Bonchev–Trinajstić information content (AvgIpc) is 2.05. The van der Waals surface area contributed by atoms with Crippen LogP contribution in [0.2, 0.25) is 0 Å². The van der Waals surface area contributed by atoms with Crippen LogP contribution in [0.25, 0.3) is 0 Å². The molecule has 0 unspecified atom stereocenters. The number of nitrogens with zero attached hydrogens (tertiary/aromatic N) is 1. The fraction of sp³-hybridized carbons (Fsp3) is 0.700. The van der Waals surface area contributed by atoms with Gasteiger partial charge in [0.25, 0.3) is 0 Å². The standard InChI is InChI=1S/C10H19NO2/c1-6-13-7-9(11-12)10(4,5)8(2)3/h12H,2,6-7H2,1,3-5H3. The summed E-state index contributed by atoms with van der Waals surface area (Å²) in [7, 11) is 0. The van der Waals surface area contributed by atoms with E-state index in [0.29, 0.717) is 18.9 Å². The van der Waals surface area contributed by atoms with E-state index in [9.17, 15) is 0 Å². The highest BCUT2D eigenvalue weighted by Crippen LogP contribution is 2.26. The van der Waals surface area contributed by atoms with Gasteiger partial charge in [0.2, 0.25) is 0 Å². The first kappa shape index (κ1) is 12.2. The van der Waals surface area contributed by atoms with Crippen molar-refractivity contribution in [3.8, 4) is 0 Å². The third-order valence-electron chi connectivity index (χ3n) is 2.35. The van der Waals surface area contributed by atoms with Gasteiger partial charge in [-0.05, 0) is 13.8 Å². The van der Waals surface area contributed by atoms with Gasteiger partial charge in [0.1, 0.15) is 0 Å². The first-order valence-electron chi connectivity index (χ1n) is 4.42. The third kappa shape index (κ3) is 3.19. The molecule has 3 heteroatoms. The van der Waals surface area contributed by atoms with Crippen molar-refractivity contribution in [2.75, 3.05) is 13.2 Å². The monoisotopic (exact) mass is 185 g/mol. The minimum absolute atomic E-state index is 0.302. The van der Waals surface area contributed by atoms with Crippen molar-refractivity contribution in [2.24, 2.45) is 10.6 Å². The lowest BCUT2D eigenvalue weighted by Gasteiger charge is -2.25. The van der Waals surface area contributed by atoms with Gasteiger partial charge < -0.3 is 9.94 Å². The van der Waals surface area contributed by atoms with Crippen LogP contribution in [0.4, 0.5) is 0 Å². The maximum Gasteiger partial charge on any atom is 0.0923 e. The maximum absolute atomic E-state index is 8.80. The van der Waals surface area contributed by atoms with Crippen molar-refractivity contribution < 1.29 is 9.94 Å². The van der Waals surface area contributed by atoms with E-state index in [2.05, 4.69) is 11.7 Å². The van der Waals surface area contributed by atoms with Crippen LogP contribution < -0.4 is 0 Å². The van der Waals surface area contributed by atoms with Crippen LogP contribution in [-0.4, -0.2) is 24.1 Å². The lowest BCUT2D eigenvalue weighted by Crippen LogP contribution is -2.29. The van der Waals surface area contributed by atoms with Crippen LogP contribution in [0, 0.1) is 5.41 Å². The van der Waals surface area contributed by atoms with Crippen LogP contribution in [0.15, 0.2) is 17.3 Å². The third-order valence-corrected chi connectivity index (χ3v) is 2.35. The molecule has 0 fully saturated rings. The zero-order valence-electron chi connectivity index (χ0n) is 8.92. The minimum atomic E-state index is -0.302. The predicted molar refractivity (Wildman–Crippen MR) is 54.3 cm³/mol. The molecule has 0 aromatic rings. The molecule has 0 saturated carbocycles. The SMILES string of the molecule is C=C(C)C(C)(C)C(COCC)=NO. The van der Waals surface area contributed by atoms with E-state index in [-0.39, 0.29) is 5.41 Å². The second-order valence-corrected chi connectivity index (χ2v) is 3.59. The topological polar surface area (TPSA) is 41.8 Å². The number of allylic oxidation sites excluding steroid dienone is 1. The van der Waals surface area contributed by atoms with Crippen LogP contribution in [0.5, 0.6) is 0 Å². The molecule has 76 valence electrons. The molecule has 1 N–H and O–H groups in total. The molecule has 13 heavy (non-hydrogen) atoms. The van der Waals surface area contributed by atoms with E-state index in [0.717, 1.165) is 5.57 Å². The number of oxime groups is 1. The average molecular weight is 185 g/mol. The summed E-state index contributed by atoms with van der Waals surface area (Å²) < 4.78 is 5.19. The normalized spacial score (nSPS) is 13.1. The van der Waals surface area contributed by atoms with Gasteiger partial charge in [-0.15, -0.1) is 0 Å². The zero-order valence-corrected chi connectivity index (χ0v) is 8.92. The fourth-order valence-electron chi connectivity index (χ4n) is 0.779. The highest BCUT2D eigenvalue weighted by atomic mass is 16.5. The Labute approximate surface area is 80.1 Å². The van der Waals surface area contributed by atoms with E-state index in [1.54, 1.807) is 0 Å². The van der Waals surface area contributed by atoms with Crippen LogP contribution in [-0.2, 0) is 4.74 Å². The summed E-state index contributed by atoms with van der Waals surface area (Å²) in [6.07, 6.45) is 0. The first-order chi connectivity index (χ1) is 5.96. The molecule has 0 atom stereocenters. The predicted octanol–water partition coefficient (Wildman–Crippen LogP) is 2.46. The molecule has 0 amide bonds. The van der Waals surface area contributed by atoms with E-state index >= 15 is 0 Å². The number of ether oxygens (including phenoxy) is 1. The van der Waals surface area contributed by atoms with Crippen LogP contribution in [0.3, 0.4) is 0 Å². The summed E-state index contributed by atoms with van der Waals surface area (Å²) in [4.78, 5) is 0. The first-order valence-corrected chi connectivity index (χ1v) is 4.42. The molecule has 0 aromatic heterocycles. The van der Waals surface area contributed by atoms with Gasteiger partial charge in [0.15, 0.2) is 0 Å². The molecule has 0 heterocycles. The van der Waals surface area contributed by atoms with Gasteiger partial charge in [0, 0.05) is 12.0 Å². The molecule has 0 saturated heterocycles. The van der Waals surface area contributed by atoms with Crippen LogP contribution >= 0.6 is 0 Å². The fourth-order valence-corrected chi connectivity index (χ4v) is 0.779. The Morgan fingerprint density at radius 2 is 2.08 bits per heavy atom. The summed E-state index contributed by atoms with van der Waals surface area (Å²) in [5.41, 5.74) is 1.27. The summed E-state index contributed by atoms with van der Waals surface area (Å²) in [6, 6.07) is 0. The summed E-state index contributed by atoms with van der Waals surface area (Å²) in [5.74, 6) is 0. The smallest absolute Gasteiger partial charge is 0.0923 e. The van der Waals surface area contributed by atoms with E-state index in [1.165, 1.54) is 0 Å². The van der Waals surface area contributed by atoms with E-state index in [1.807, 2.05) is 27.7 Å². The summed E-state index contributed by atoms with van der Waals surface area (Å²) in [5, 5.41) is 12.1. The molecule has 0 rings (SSSR count). The van der Waals surface area contributed by atoms with Crippen molar-refractivity contribution in [1.29, 1.82) is 0 Å². The van der Waals surface area contributed by atoms with Gasteiger partial charge in [-0.1, -0.05) is 31.2 Å². The Kier molecular flexibility index (Phi) is 4.70. The van der Waals surface area contributed by atoms with Gasteiger partial charge >= 0.3 is 0 Å². The maximum atomic E-state index is 8.80. The Bertz CT molecular complexity index is 207. The molecular weight excluding hydrogens is 166 g/mol. The quantitative estimate of drug-likeness (QED) is 0.309. The van der Waals surface area contributed by atoms with E-state index < -0.39 is 0 Å². The van der Waals surface area contributed by atoms with Gasteiger partial charge in [-0.2, -0.15) is 0 Å². The summed E-state index contributed by atoms with van der Waals surface area (Å²) in [6.45, 7) is 12.6. The number of hydrogen-bond donors (Lipinski definition) is 1. The highest BCUT2D eigenvalue weighted by Gasteiger charge is 2.26. The molecule has 0 aliphatic heterocycles. The van der Waals surface area contributed by atoms with Crippen molar-refractivity contribution in [3.63, 3.8) is 0 Å². The van der Waals surface area contributed by atoms with Crippen molar-refractivity contribution in [3.05, 3.63) is 12.2 Å². The molecule has 0 spiro atoms. The Morgan fingerprint density at radius 1 is 1.54 bits per heavy atom.